The Kier molecular flexibility index (Phi) is 6.84. The van der Waals surface area contributed by atoms with Crippen molar-refractivity contribution in [1.82, 2.24) is 10.3 Å². The summed E-state index contributed by atoms with van der Waals surface area (Å²) in [6.07, 6.45) is 8.10. The van der Waals surface area contributed by atoms with Crippen molar-refractivity contribution >= 4 is 40.6 Å². The first-order valence-corrected chi connectivity index (χ1v) is 10.1. The molecule has 4 heteroatoms. The number of para-hydroxylation sites is 1. The minimum atomic E-state index is 0. The van der Waals surface area contributed by atoms with Gasteiger partial charge in [-0.15, -0.1) is 24.2 Å². The second-order valence-corrected chi connectivity index (χ2v) is 7.73. The van der Waals surface area contributed by atoms with Crippen LogP contribution < -0.4 is 5.32 Å². The van der Waals surface area contributed by atoms with E-state index < -0.39 is 0 Å². The molecule has 0 fully saturated rings. The molecule has 1 aliphatic heterocycles. The molecule has 2 nitrogen and oxygen atoms in total. The van der Waals surface area contributed by atoms with Crippen LogP contribution in [0.15, 0.2) is 71.8 Å². The van der Waals surface area contributed by atoms with Gasteiger partial charge in [-0.25, -0.2) is 0 Å². The van der Waals surface area contributed by atoms with E-state index in [0.29, 0.717) is 6.04 Å². The highest BCUT2D eigenvalue weighted by Gasteiger charge is 2.15. The van der Waals surface area contributed by atoms with Gasteiger partial charge in [-0.3, -0.25) is 0 Å². The number of fused-ring (bicyclic) bond motifs is 1. The number of aromatic nitrogens is 1. The fraction of sp³-hybridized carbons (Fsp3) is 0.273. The zero-order chi connectivity index (χ0) is 16.9. The summed E-state index contributed by atoms with van der Waals surface area (Å²) in [6.45, 7) is 0.991. The molecule has 0 aliphatic carbocycles. The van der Waals surface area contributed by atoms with Gasteiger partial charge in [-0.1, -0.05) is 54.6 Å². The second-order valence-electron chi connectivity index (χ2n) is 6.59. The van der Waals surface area contributed by atoms with Crippen LogP contribution in [0.2, 0.25) is 0 Å². The topological polar surface area (TPSA) is 27.8 Å². The van der Waals surface area contributed by atoms with Crippen LogP contribution >= 0.6 is 24.2 Å². The average molecular weight is 385 g/mol. The number of nitrogens with one attached hydrogen (secondary N) is 2. The van der Waals surface area contributed by atoms with E-state index in [1.165, 1.54) is 45.5 Å². The van der Waals surface area contributed by atoms with Crippen molar-refractivity contribution in [3.8, 4) is 0 Å². The summed E-state index contributed by atoms with van der Waals surface area (Å²) in [4.78, 5) is 4.73. The molecule has 2 N–H and O–H groups in total. The molecule has 0 bridgehead atoms. The molecule has 3 aromatic rings. The van der Waals surface area contributed by atoms with Gasteiger partial charge >= 0.3 is 0 Å². The molecule has 1 unspecified atom stereocenters. The summed E-state index contributed by atoms with van der Waals surface area (Å²) in [7, 11) is 0. The SMILES string of the molecule is C1=C(c2ccccc2)CC(CCCSc2c[nH]c3ccccc23)NC1.Cl. The zero-order valence-electron chi connectivity index (χ0n) is 14.8. The van der Waals surface area contributed by atoms with Gasteiger partial charge in [0.1, 0.15) is 0 Å². The van der Waals surface area contributed by atoms with Crippen LogP contribution in [-0.2, 0) is 0 Å². The number of aromatic amines is 1. The predicted molar refractivity (Wildman–Crippen MR) is 116 cm³/mol. The quantitative estimate of drug-likeness (QED) is 0.408. The molecule has 136 valence electrons. The van der Waals surface area contributed by atoms with Gasteiger partial charge in [-0.05, 0) is 42.2 Å². The highest BCUT2D eigenvalue weighted by molar-refractivity contribution is 7.99. The molecule has 1 atom stereocenters. The van der Waals surface area contributed by atoms with Crippen LogP contribution in [0.4, 0.5) is 0 Å². The first-order chi connectivity index (χ1) is 12.4. The maximum absolute atomic E-state index is 3.65. The van der Waals surface area contributed by atoms with E-state index >= 15 is 0 Å². The van der Waals surface area contributed by atoms with Crippen LogP contribution in [0.3, 0.4) is 0 Å². The Hall–Kier alpha value is -1.68. The molecular formula is C22H25ClN2S. The Labute approximate surface area is 165 Å². The van der Waals surface area contributed by atoms with E-state index in [9.17, 15) is 0 Å². The third kappa shape index (κ3) is 4.53. The van der Waals surface area contributed by atoms with E-state index in [2.05, 4.69) is 77.2 Å². The summed E-state index contributed by atoms with van der Waals surface area (Å²) < 4.78 is 0. The molecule has 2 aromatic carbocycles. The zero-order valence-corrected chi connectivity index (χ0v) is 16.4. The number of benzene rings is 2. The van der Waals surface area contributed by atoms with Crippen LogP contribution in [-0.4, -0.2) is 23.3 Å². The van der Waals surface area contributed by atoms with Gasteiger partial charge in [0.15, 0.2) is 0 Å². The van der Waals surface area contributed by atoms with Gasteiger partial charge in [0.05, 0.1) is 0 Å². The average Bonchev–Trinajstić information content (AvgIpc) is 3.09. The molecular weight excluding hydrogens is 360 g/mol. The molecule has 0 radical (unpaired) electrons. The van der Waals surface area contributed by atoms with Crippen LogP contribution in [0.1, 0.15) is 24.8 Å². The highest BCUT2D eigenvalue weighted by atomic mass is 35.5. The number of halogens is 1. The normalized spacial score (nSPS) is 16.9. The Balaban J connectivity index is 0.00000196. The highest BCUT2D eigenvalue weighted by Crippen LogP contribution is 2.29. The number of thioether (sulfide) groups is 1. The molecule has 4 rings (SSSR count). The predicted octanol–water partition coefficient (Wildman–Crippen LogP) is 5.91. The molecule has 0 amide bonds. The van der Waals surface area contributed by atoms with Crippen LogP contribution in [0, 0.1) is 0 Å². The Morgan fingerprint density at radius 1 is 1.00 bits per heavy atom. The molecule has 1 aliphatic rings. The first-order valence-electron chi connectivity index (χ1n) is 9.07. The monoisotopic (exact) mass is 384 g/mol. The van der Waals surface area contributed by atoms with Crippen molar-refractivity contribution < 1.29 is 0 Å². The summed E-state index contributed by atoms with van der Waals surface area (Å²) in [5, 5.41) is 5.00. The number of H-pyrrole nitrogens is 1. The van der Waals surface area contributed by atoms with E-state index in [1.807, 2.05) is 11.8 Å². The van der Waals surface area contributed by atoms with Gasteiger partial charge in [0.2, 0.25) is 0 Å². The Morgan fingerprint density at radius 2 is 1.81 bits per heavy atom. The fourth-order valence-electron chi connectivity index (χ4n) is 3.54. The Bertz CT molecular complexity index is 857. The molecule has 0 saturated carbocycles. The maximum Gasteiger partial charge on any atom is 0.0465 e. The Morgan fingerprint density at radius 3 is 2.69 bits per heavy atom. The molecule has 26 heavy (non-hydrogen) atoms. The largest absolute Gasteiger partial charge is 0.360 e. The molecule has 0 saturated heterocycles. The summed E-state index contributed by atoms with van der Waals surface area (Å²) in [6, 6.07) is 19.9. The lowest BCUT2D eigenvalue weighted by atomic mass is 9.93. The van der Waals surface area contributed by atoms with Crippen LogP contribution in [0.5, 0.6) is 0 Å². The van der Waals surface area contributed by atoms with Crippen molar-refractivity contribution in [3.05, 3.63) is 72.4 Å². The van der Waals surface area contributed by atoms with Crippen molar-refractivity contribution in [2.45, 2.75) is 30.2 Å². The van der Waals surface area contributed by atoms with Crippen molar-refractivity contribution in [2.24, 2.45) is 0 Å². The van der Waals surface area contributed by atoms with Crippen molar-refractivity contribution in [2.75, 3.05) is 12.3 Å². The number of rotatable bonds is 6. The van der Waals surface area contributed by atoms with E-state index in [-0.39, 0.29) is 12.4 Å². The van der Waals surface area contributed by atoms with Gasteiger partial charge in [0.25, 0.3) is 0 Å². The smallest absolute Gasteiger partial charge is 0.0465 e. The number of hydrogen-bond donors (Lipinski definition) is 2. The first kappa shape index (κ1) is 19.1. The lowest BCUT2D eigenvalue weighted by Crippen LogP contribution is -2.32. The second kappa shape index (κ2) is 9.31. The van der Waals surface area contributed by atoms with Crippen molar-refractivity contribution in [3.63, 3.8) is 0 Å². The summed E-state index contributed by atoms with van der Waals surface area (Å²) in [5.74, 6) is 1.17. The molecule has 2 heterocycles. The fourth-order valence-corrected chi connectivity index (χ4v) is 4.54. The van der Waals surface area contributed by atoms with Crippen molar-refractivity contribution in [1.29, 1.82) is 0 Å². The van der Waals surface area contributed by atoms with E-state index in [1.54, 1.807) is 0 Å². The van der Waals surface area contributed by atoms with Gasteiger partial charge in [-0.2, -0.15) is 0 Å². The van der Waals surface area contributed by atoms with Gasteiger partial charge < -0.3 is 10.3 Å². The third-order valence-electron chi connectivity index (χ3n) is 4.87. The standard InChI is InChI=1S/C22H24N2S.ClH/c1-2-7-17(8-3-1)18-12-13-23-19(15-18)9-6-14-25-22-16-24-21-11-5-4-10-20(21)22;/h1-5,7-8,10-12,16,19,23-24H,6,9,13-15H2;1H. The van der Waals surface area contributed by atoms with E-state index in [4.69, 9.17) is 0 Å². The third-order valence-corrected chi connectivity index (χ3v) is 6.01. The summed E-state index contributed by atoms with van der Waals surface area (Å²) >= 11 is 1.97. The maximum atomic E-state index is 3.65. The number of hydrogen-bond acceptors (Lipinski definition) is 2. The minimum Gasteiger partial charge on any atom is -0.360 e. The summed E-state index contributed by atoms with van der Waals surface area (Å²) in [5.41, 5.74) is 4.10. The van der Waals surface area contributed by atoms with Crippen LogP contribution in [0.25, 0.3) is 16.5 Å². The molecule has 0 spiro atoms. The van der Waals surface area contributed by atoms with Gasteiger partial charge in [0, 0.05) is 34.6 Å². The van der Waals surface area contributed by atoms with E-state index in [0.717, 1.165) is 13.0 Å². The lowest BCUT2D eigenvalue weighted by molar-refractivity contribution is 0.497. The lowest BCUT2D eigenvalue weighted by Gasteiger charge is -2.24. The minimum absolute atomic E-state index is 0. The molecule has 1 aromatic heterocycles.